The number of halogens is 1. The van der Waals surface area contributed by atoms with Crippen LogP contribution in [0.3, 0.4) is 0 Å². The third-order valence-corrected chi connectivity index (χ3v) is 2.17. The van der Waals surface area contributed by atoms with Crippen molar-refractivity contribution in [3.63, 3.8) is 0 Å². The lowest BCUT2D eigenvalue weighted by Crippen LogP contribution is -2.37. The lowest BCUT2D eigenvalue weighted by atomic mass is 10.2. The van der Waals surface area contributed by atoms with E-state index in [1.54, 1.807) is 0 Å². The quantitative estimate of drug-likeness (QED) is 0.804. The maximum absolute atomic E-state index is 8.80. The highest BCUT2D eigenvalue weighted by molar-refractivity contribution is 5.85. The molecular formula is C11H18ClNO2. The van der Waals surface area contributed by atoms with Gasteiger partial charge in [0.15, 0.2) is 0 Å². The Kier molecular flexibility index (Phi) is 7.34. The van der Waals surface area contributed by atoms with Crippen LogP contribution < -0.4 is 5.73 Å². The highest BCUT2D eigenvalue weighted by Crippen LogP contribution is 2.04. The predicted molar refractivity (Wildman–Crippen MR) is 63.0 cm³/mol. The van der Waals surface area contributed by atoms with Gasteiger partial charge in [0.2, 0.25) is 0 Å². The van der Waals surface area contributed by atoms with Crippen LogP contribution in [0.5, 0.6) is 0 Å². The summed E-state index contributed by atoms with van der Waals surface area (Å²) in [4.78, 5) is 0. The zero-order chi connectivity index (χ0) is 10.4. The summed E-state index contributed by atoms with van der Waals surface area (Å²) in [5.41, 5.74) is 6.72. The van der Waals surface area contributed by atoms with Gasteiger partial charge in [-0.1, -0.05) is 30.3 Å². The molecule has 1 rings (SSSR count). The van der Waals surface area contributed by atoms with Crippen LogP contribution in [0, 0.1) is 0 Å². The number of aliphatic hydroxyl groups excluding tert-OH is 1. The van der Waals surface area contributed by atoms with Crippen LogP contribution in [0.2, 0.25) is 0 Å². The minimum atomic E-state index is -0.307. The molecule has 0 bridgehead atoms. The van der Waals surface area contributed by atoms with Gasteiger partial charge < -0.3 is 15.6 Å². The molecule has 0 aromatic heterocycles. The van der Waals surface area contributed by atoms with Crippen LogP contribution in [-0.4, -0.2) is 23.9 Å². The highest BCUT2D eigenvalue weighted by atomic mass is 35.5. The molecule has 0 amide bonds. The van der Waals surface area contributed by atoms with Gasteiger partial charge in [-0.25, -0.2) is 0 Å². The average Bonchev–Trinajstić information content (AvgIpc) is 2.26. The number of benzene rings is 1. The molecule has 0 spiro atoms. The molecule has 0 aliphatic rings. The molecule has 0 aliphatic heterocycles. The summed E-state index contributed by atoms with van der Waals surface area (Å²) in [7, 11) is 0. The van der Waals surface area contributed by atoms with Crippen molar-refractivity contribution in [3.8, 4) is 0 Å². The van der Waals surface area contributed by atoms with E-state index in [0.29, 0.717) is 6.61 Å². The summed E-state index contributed by atoms with van der Waals surface area (Å²) in [6.45, 7) is 2.36. The Morgan fingerprint density at radius 3 is 2.47 bits per heavy atom. The normalized spacial score (nSPS) is 14.1. The van der Waals surface area contributed by atoms with Crippen molar-refractivity contribution in [2.24, 2.45) is 5.73 Å². The Balaban J connectivity index is 0.00000196. The summed E-state index contributed by atoms with van der Waals surface area (Å²) in [5.74, 6) is 0. The third kappa shape index (κ3) is 5.14. The molecule has 2 atom stereocenters. The molecule has 0 saturated heterocycles. The Labute approximate surface area is 96.7 Å². The molecule has 15 heavy (non-hydrogen) atoms. The Morgan fingerprint density at radius 1 is 1.33 bits per heavy atom. The molecule has 0 unspecified atom stereocenters. The van der Waals surface area contributed by atoms with Gasteiger partial charge in [-0.05, 0) is 12.5 Å². The molecule has 3 N–H and O–H groups in total. The number of aliphatic hydroxyl groups is 1. The van der Waals surface area contributed by atoms with Gasteiger partial charge in [0.05, 0.1) is 25.4 Å². The van der Waals surface area contributed by atoms with Crippen LogP contribution in [0.1, 0.15) is 12.5 Å². The summed E-state index contributed by atoms with van der Waals surface area (Å²) >= 11 is 0. The second-order valence-electron chi connectivity index (χ2n) is 3.35. The number of rotatable bonds is 5. The number of nitrogens with two attached hydrogens (primary N) is 1. The predicted octanol–water partition coefficient (Wildman–Crippen LogP) is 1.33. The monoisotopic (exact) mass is 231 g/mol. The Hall–Kier alpha value is -0.610. The van der Waals surface area contributed by atoms with E-state index in [0.717, 1.165) is 5.56 Å². The molecular weight excluding hydrogens is 214 g/mol. The van der Waals surface area contributed by atoms with Gasteiger partial charge in [-0.3, -0.25) is 0 Å². The molecule has 0 aliphatic carbocycles. The lowest BCUT2D eigenvalue weighted by Gasteiger charge is -2.18. The highest BCUT2D eigenvalue weighted by Gasteiger charge is 2.11. The maximum Gasteiger partial charge on any atom is 0.0724 e. The van der Waals surface area contributed by atoms with Crippen LogP contribution in [0.25, 0.3) is 0 Å². The molecule has 1 aromatic rings. The largest absolute Gasteiger partial charge is 0.395 e. The first kappa shape index (κ1) is 14.4. The second kappa shape index (κ2) is 7.65. The standard InChI is InChI=1S/C11H17NO2.ClH/c1-9(11(12)7-13)14-8-10-5-3-2-4-6-10;/h2-6,9,11,13H,7-8,12H2,1H3;1H/t9-,11-;/m1./s1. The molecule has 0 heterocycles. The van der Waals surface area contributed by atoms with E-state index in [1.807, 2.05) is 37.3 Å². The van der Waals surface area contributed by atoms with Gasteiger partial charge in [0.1, 0.15) is 0 Å². The molecule has 86 valence electrons. The fourth-order valence-electron chi connectivity index (χ4n) is 1.07. The van der Waals surface area contributed by atoms with Crippen molar-refractivity contribution in [2.75, 3.05) is 6.61 Å². The first-order valence-corrected chi connectivity index (χ1v) is 4.76. The van der Waals surface area contributed by atoms with E-state index < -0.39 is 0 Å². The SMILES string of the molecule is C[C@@H](OCc1ccccc1)[C@H](N)CO.Cl. The molecule has 1 aromatic carbocycles. The van der Waals surface area contributed by atoms with Crippen molar-refractivity contribution < 1.29 is 9.84 Å². The van der Waals surface area contributed by atoms with Gasteiger partial charge in [-0.2, -0.15) is 0 Å². The van der Waals surface area contributed by atoms with E-state index in [4.69, 9.17) is 15.6 Å². The zero-order valence-electron chi connectivity index (χ0n) is 8.80. The van der Waals surface area contributed by atoms with E-state index in [9.17, 15) is 0 Å². The van der Waals surface area contributed by atoms with Crippen molar-refractivity contribution in [3.05, 3.63) is 35.9 Å². The molecule has 0 fully saturated rings. The summed E-state index contributed by atoms with van der Waals surface area (Å²) < 4.78 is 5.50. The Morgan fingerprint density at radius 2 is 1.93 bits per heavy atom. The number of hydrogen-bond donors (Lipinski definition) is 2. The van der Waals surface area contributed by atoms with E-state index in [1.165, 1.54) is 0 Å². The second-order valence-corrected chi connectivity index (χ2v) is 3.35. The van der Waals surface area contributed by atoms with Gasteiger partial charge in [0, 0.05) is 0 Å². The van der Waals surface area contributed by atoms with Crippen molar-refractivity contribution >= 4 is 12.4 Å². The third-order valence-electron chi connectivity index (χ3n) is 2.17. The van der Waals surface area contributed by atoms with Crippen LogP contribution in [-0.2, 0) is 11.3 Å². The van der Waals surface area contributed by atoms with Crippen molar-refractivity contribution in [1.82, 2.24) is 0 Å². The van der Waals surface area contributed by atoms with E-state index >= 15 is 0 Å². The van der Waals surface area contributed by atoms with E-state index in [-0.39, 0.29) is 31.2 Å². The summed E-state index contributed by atoms with van der Waals surface area (Å²) in [6.07, 6.45) is -0.125. The van der Waals surface area contributed by atoms with Crippen molar-refractivity contribution in [1.29, 1.82) is 0 Å². The lowest BCUT2D eigenvalue weighted by molar-refractivity contribution is 0.0224. The molecule has 0 radical (unpaired) electrons. The Bertz CT molecular complexity index is 256. The fourth-order valence-corrected chi connectivity index (χ4v) is 1.07. The fraction of sp³-hybridized carbons (Fsp3) is 0.455. The molecule has 3 nitrogen and oxygen atoms in total. The van der Waals surface area contributed by atoms with Crippen LogP contribution in [0.15, 0.2) is 30.3 Å². The van der Waals surface area contributed by atoms with Gasteiger partial charge in [0.25, 0.3) is 0 Å². The topological polar surface area (TPSA) is 55.5 Å². The average molecular weight is 232 g/mol. The molecule has 4 heteroatoms. The summed E-state index contributed by atoms with van der Waals surface area (Å²) in [6, 6.07) is 9.59. The summed E-state index contributed by atoms with van der Waals surface area (Å²) in [5, 5.41) is 8.80. The van der Waals surface area contributed by atoms with Crippen LogP contribution in [0.4, 0.5) is 0 Å². The van der Waals surface area contributed by atoms with Crippen molar-refractivity contribution in [2.45, 2.75) is 25.7 Å². The van der Waals surface area contributed by atoms with Crippen LogP contribution >= 0.6 is 12.4 Å². The minimum absolute atomic E-state index is 0. The van der Waals surface area contributed by atoms with Gasteiger partial charge in [-0.15, -0.1) is 12.4 Å². The maximum atomic E-state index is 8.80. The minimum Gasteiger partial charge on any atom is -0.395 e. The van der Waals surface area contributed by atoms with Gasteiger partial charge >= 0.3 is 0 Å². The molecule has 0 saturated carbocycles. The number of hydrogen-bond acceptors (Lipinski definition) is 3. The van der Waals surface area contributed by atoms with E-state index in [2.05, 4.69) is 0 Å². The first-order valence-electron chi connectivity index (χ1n) is 4.76. The first-order chi connectivity index (χ1) is 6.74. The number of ether oxygens (including phenoxy) is 1. The smallest absolute Gasteiger partial charge is 0.0724 e. The zero-order valence-corrected chi connectivity index (χ0v) is 9.61.